The predicted octanol–water partition coefficient (Wildman–Crippen LogP) is 5.59. The smallest absolute Gasteiger partial charge is 0.344 e. The van der Waals surface area contributed by atoms with Crippen LogP contribution in [0.1, 0.15) is 26.3 Å². The second-order valence-corrected chi connectivity index (χ2v) is 7.94. The summed E-state index contributed by atoms with van der Waals surface area (Å²) in [6.45, 7) is 0. The van der Waals surface area contributed by atoms with Crippen molar-refractivity contribution in [2.75, 3.05) is 7.11 Å². The second-order valence-electron chi connectivity index (χ2n) is 7.03. The van der Waals surface area contributed by atoms with Crippen LogP contribution in [0.4, 0.5) is 0 Å². The normalized spacial score (nSPS) is 10.8. The summed E-state index contributed by atoms with van der Waals surface area (Å²) in [5, 5.41) is 5.80. The van der Waals surface area contributed by atoms with Gasteiger partial charge < -0.3 is 9.47 Å². The lowest BCUT2D eigenvalue weighted by Gasteiger charge is -2.08. The fourth-order valence-electron chi connectivity index (χ4n) is 3.27. The van der Waals surface area contributed by atoms with Gasteiger partial charge in [-0.15, -0.1) is 0 Å². The third-order valence-electron chi connectivity index (χ3n) is 4.89. The molecule has 0 aliphatic carbocycles. The molecule has 164 valence electrons. The number of nitrogens with zero attached hydrogens (tertiary/aromatic N) is 1. The number of nitrogens with one attached hydrogen (secondary N) is 1. The Bertz CT molecular complexity index is 1350. The summed E-state index contributed by atoms with van der Waals surface area (Å²) >= 11 is 3.34. The minimum absolute atomic E-state index is 0.361. The fourth-order valence-corrected chi connectivity index (χ4v) is 3.63. The number of halogens is 1. The Labute approximate surface area is 199 Å². The van der Waals surface area contributed by atoms with Gasteiger partial charge in [0, 0.05) is 4.47 Å². The molecule has 0 atom stereocenters. The zero-order valence-electron chi connectivity index (χ0n) is 17.6. The number of rotatable bonds is 6. The first-order valence-corrected chi connectivity index (χ1v) is 10.8. The molecule has 33 heavy (non-hydrogen) atoms. The van der Waals surface area contributed by atoms with Crippen molar-refractivity contribution in [3.05, 3.63) is 106 Å². The molecule has 7 heteroatoms. The summed E-state index contributed by atoms with van der Waals surface area (Å²) in [4.78, 5) is 25.0. The van der Waals surface area contributed by atoms with Gasteiger partial charge in [0.15, 0.2) is 0 Å². The molecule has 0 aromatic heterocycles. The molecule has 0 fully saturated rings. The molecule has 0 unspecified atom stereocenters. The lowest BCUT2D eigenvalue weighted by molar-refractivity contribution is 0.0736. The maximum atomic E-state index is 12.7. The largest absolute Gasteiger partial charge is 0.496 e. The van der Waals surface area contributed by atoms with Crippen LogP contribution in [0.2, 0.25) is 0 Å². The first-order chi connectivity index (χ1) is 16.0. The number of hydrazone groups is 1. The highest BCUT2D eigenvalue weighted by Gasteiger charge is 2.13. The summed E-state index contributed by atoms with van der Waals surface area (Å²) in [6, 6.07) is 25.1. The van der Waals surface area contributed by atoms with E-state index < -0.39 is 11.9 Å². The molecule has 0 aliphatic heterocycles. The van der Waals surface area contributed by atoms with Gasteiger partial charge in [-0.25, -0.2) is 10.2 Å². The third-order valence-corrected chi connectivity index (χ3v) is 5.38. The Morgan fingerprint density at radius 1 is 0.909 bits per heavy atom. The zero-order valence-corrected chi connectivity index (χ0v) is 19.2. The minimum Gasteiger partial charge on any atom is -0.496 e. The van der Waals surface area contributed by atoms with Crippen molar-refractivity contribution in [3.8, 4) is 11.5 Å². The van der Waals surface area contributed by atoms with Crippen LogP contribution in [0.15, 0.2) is 94.5 Å². The van der Waals surface area contributed by atoms with Gasteiger partial charge in [-0.1, -0.05) is 52.3 Å². The lowest BCUT2D eigenvalue weighted by atomic mass is 10.0. The summed E-state index contributed by atoms with van der Waals surface area (Å²) in [6.07, 6.45) is 1.50. The number of carbonyl (C=O) groups is 2. The summed E-state index contributed by atoms with van der Waals surface area (Å²) in [5.41, 5.74) is 4.07. The number of hydrogen-bond acceptors (Lipinski definition) is 5. The van der Waals surface area contributed by atoms with E-state index in [0.29, 0.717) is 22.6 Å². The fraction of sp³-hybridized carbons (Fsp3) is 0.0385. The first kappa shape index (κ1) is 22.2. The highest BCUT2D eigenvalue weighted by atomic mass is 79.9. The van der Waals surface area contributed by atoms with E-state index in [1.54, 1.807) is 48.5 Å². The molecule has 0 saturated carbocycles. The maximum Gasteiger partial charge on any atom is 0.344 e. The van der Waals surface area contributed by atoms with Crippen molar-refractivity contribution >= 4 is 44.8 Å². The summed E-state index contributed by atoms with van der Waals surface area (Å²) in [7, 11) is 1.50. The zero-order chi connectivity index (χ0) is 23.2. The lowest BCUT2D eigenvalue weighted by Crippen LogP contribution is -2.18. The molecule has 0 heterocycles. The van der Waals surface area contributed by atoms with Gasteiger partial charge in [-0.05, 0) is 64.9 Å². The molecule has 4 aromatic rings. The monoisotopic (exact) mass is 502 g/mol. The number of fused-ring (bicyclic) bond motifs is 1. The molecule has 1 N–H and O–H groups in total. The van der Waals surface area contributed by atoms with Gasteiger partial charge in [0.2, 0.25) is 0 Å². The molecule has 4 rings (SSSR count). The number of amides is 1. The van der Waals surface area contributed by atoms with Crippen LogP contribution in [0.5, 0.6) is 11.5 Å². The van der Waals surface area contributed by atoms with E-state index in [1.165, 1.54) is 13.3 Å². The number of methoxy groups -OCH3 is 1. The highest BCUT2D eigenvalue weighted by Crippen LogP contribution is 2.23. The SMILES string of the molecule is COc1ccc(Br)cc1C(=O)N/N=C\c1ccc(OC(=O)c2cccc3ccccc23)cc1. The summed E-state index contributed by atoms with van der Waals surface area (Å²) in [5.74, 6) is 0.0322. The Hall–Kier alpha value is -3.97. The Balaban J connectivity index is 1.40. The van der Waals surface area contributed by atoms with Gasteiger partial charge in [0.1, 0.15) is 11.5 Å². The average Bonchev–Trinajstić information content (AvgIpc) is 2.84. The number of ether oxygens (including phenoxy) is 2. The molecule has 6 nitrogen and oxygen atoms in total. The Morgan fingerprint density at radius 3 is 2.45 bits per heavy atom. The number of hydrogen-bond donors (Lipinski definition) is 1. The van der Waals surface area contributed by atoms with E-state index >= 15 is 0 Å². The summed E-state index contributed by atoms with van der Waals surface area (Å²) < 4.78 is 11.5. The maximum absolute atomic E-state index is 12.7. The van der Waals surface area contributed by atoms with E-state index in [2.05, 4.69) is 26.5 Å². The molecule has 0 saturated heterocycles. The topological polar surface area (TPSA) is 77.0 Å². The Kier molecular flexibility index (Phi) is 6.80. The first-order valence-electron chi connectivity index (χ1n) is 10.0. The average molecular weight is 503 g/mol. The van der Waals surface area contributed by atoms with Crippen LogP contribution >= 0.6 is 15.9 Å². The van der Waals surface area contributed by atoms with E-state index in [9.17, 15) is 9.59 Å². The highest BCUT2D eigenvalue weighted by molar-refractivity contribution is 9.10. The molecular weight excluding hydrogens is 484 g/mol. The molecular formula is C26H19BrN2O4. The van der Waals surface area contributed by atoms with E-state index in [4.69, 9.17) is 9.47 Å². The Morgan fingerprint density at radius 2 is 1.67 bits per heavy atom. The molecule has 0 bridgehead atoms. The van der Waals surface area contributed by atoms with Crippen molar-refractivity contribution in [2.24, 2.45) is 5.10 Å². The third kappa shape index (κ3) is 5.27. The van der Waals surface area contributed by atoms with E-state index in [0.717, 1.165) is 20.8 Å². The molecule has 0 radical (unpaired) electrons. The van der Waals surface area contributed by atoms with Crippen molar-refractivity contribution < 1.29 is 19.1 Å². The quantitative estimate of drug-likeness (QED) is 0.161. The van der Waals surface area contributed by atoms with Crippen LogP contribution in [-0.2, 0) is 0 Å². The van der Waals surface area contributed by atoms with Crippen LogP contribution in [0.3, 0.4) is 0 Å². The van der Waals surface area contributed by atoms with Gasteiger partial charge >= 0.3 is 5.97 Å². The number of esters is 1. The minimum atomic E-state index is -0.427. The van der Waals surface area contributed by atoms with Crippen LogP contribution in [0.25, 0.3) is 10.8 Å². The van der Waals surface area contributed by atoms with Crippen molar-refractivity contribution in [2.45, 2.75) is 0 Å². The molecule has 1 amide bonds. The molecule has 0 aliphatic rings. The number of benzene rings is 4. The van der Waals surface area contributed by atoms with Crippen molar-refractivity contribution in [1.29, 1.82) is 0 Å². The second kappa shape index (κ2) is 10.1. The van der Waals surface area contributed by atoms with Crippen LogP contribution in [-0.4, -0.2) is 25.2 Å². The van der Waals surface area contributed by atoms with Gasteiger partial charge in [0.25, 0.3) is 5.91 Å². The van der Waals surface area contributed by atoms with Gasteiger partial charge in [-0.3, -0.25) is 4.79 Å². The van der Waals surface area contributed by atoms with Gasteiger partial charge in [0.05, 0.1) is 24.5 Å². The van der Waals surface area contributed by atoms with Crippen molar-refractivity contribution in [3.63, 3.8) is 0 Å². The number of carbonyl (C=O) groups excluding carboxylic acids is 2. The van der Waals surface area contributed by atoms with E-state index in [-0.39, 0.29) is 0 Å². The predicted molar refractivity (Wildman–Crippen MR) is 131 cm³/mol. The van der Waals surface area contributed by atoms with Crippen molar-refractivity contribution in [1.82, 2.24) is 5.43 Å². The standard InChI is InChI=1S/C26H19BrN2O4/c1-32-24-14-11-19(27)15-23(24)25(30)29-28-16-17-9-12-20(13-10-17)33-26(31)22-8-4-6-18-5-2-3-7-21(18)22/h2-16H,1H3,(H,29,30)/b28-16-. The van der Waals surface area contributed by atoms with Gasteiger partial charge in [-0.2, -0.15) is 5.10 Å². The van der Waals surface area contributed by atoms with Crippen LogP contribution < -0.4 is 14.9 Å². The molecule has 0 spiro atoms. The molecule has 4 aromatic carbocycles. The van der Waals surface area contributed by atoms with Crippen LogP contribution in [0, 0.1) is 0 Å². The van der Waals surface area contributed by atoms with E-state index in [1.807, 2.05) is 36.4 Å².